The zero-order valence-corrected chi connectivity index (χ0v) is 15.1. The molecule has 1 heterocycles. The Bertz CT molecular complexity index is 575. The van der Waals surface area contributed by atoms with Crippen molar-refractivity contribution in [2.75, 3.05) is 27.2 Å². The molecule has 1 saturated carbocycles. The number of aromatic nitrogens is 2. The maximum atomic E-state index is 12.6. The van der Waals surface area contributed by atoms with Gasteiger partial charge in [0.2, 0.25) is 11.8 Å². The number of nitrogens with one attached hydrogen (secondary N) is 2. The molecule has 1 aromatic rings. The van der Waals surface area contributed by atoms with Crippen LogP contribution in [0.3, 0.4) is 0 Å². The molecule has 0 radical (unpaired) electrons. The molecule has 0 bridgehead atoms. The number of aryl methyl sites for hydroxylation is 1. The van der Waals surface area contributed by atoms with Crippen molar-refractivity contribution in [2.24, 2.45) is 10.4 Å². The molecule has 1 aromatic heterocycles. The van der Waals surface area contributed by atoms with Crippen LogP contribution in [0.4, 0.5) is 0 Å². The molecule has 2 N–H and O–H groups in total. The Morgan fingerprint density at radius 3 is 2.58 bits per heavy atom. The molecule has 0 aromatic carbocycles. The van der Waals surface area contributed by atoms with Gasteiger partial charge < -0.3 is 20.1 Å². The number of nitrogens with zero attached hydrogens (tertiary/aromatic N) is 4. The molecule has 1 fully saturated rings. The van der Waals surface area contributed by atoms with Gasteiger partial charge in [0.15, 0.2) is 11.8 Å². The first-order valence-electron chi connectivity index (χ1n) is 8.50. The molecular formula is C16H28N6O2. The quantitative estimate of drug-likeness (QED) is 0.596. The predicted molar refractivity (Wildman–Crippen MR) is 91.4 cm³/mol. The van der Waals surface area contributed by atoms with Crippen LogP contribution in [0.15, 0.2) is 9.52 Å². The molecule has 1 amide bonds. The van der Waals surface area contributed by atoms with Crippen molar-refractivity contribution in [2.45, 2.75) is 46.1 Å². The Hall–Kier alpha value is -2.12. The molecule has 8 nitrogen and oxygen atoms in total. The van der Waals surface area contributed by atoms with Gasteiger partial charge in [-0.3, -0.25) is 4.79 Å². The summed E-state index contributed by atoms with van der Waals surface area (Å²) in [5.74, 6) is 1.92. The number of carbonyl (C=O) groups is 1. The van der Waals surface area contributed by atoms with Gasteiger partial charge in [-0.25, -0.2) is 4.99 Å². The first-order chi connectivity index (χ1) is 11.5. The monoisotopic (exact) mass is 336 g/mol. The van der Waals surface area contributed by atoms with Gasteiger partial charge in [-0.1, -0.05) is 18.0 Å². The third kappa shape index (κ3) is 4.46. The van der Waals surface area contributed by atoms with Gasteiger partial charge in [0, 0.05) is 27.2 Å². The van der Waals surface area contributed by atoms with Crippen molar-refractivity contribution in [3.8, 4) is 0 Å². The van der Waals surface area contributed by atoms with Crippen molar-refractivity contribution in [3.05, 3.63) is 11.7 Å². The highest BCUT2D eigenvalue weighted by molar-refractivity contribution is 5.85. The number of carbonyl (C=O) groups excluding carboxylic acids is 1. The predicted octanol–water partition coefficient (Wildman–Crippen LogP) is 1.08. The van der Waals surface area contributed by atoms with E-state index in [9.17, 15) is 4.79 Å². The van der Waals surface area contributed by atoms with E-state index in [0.717, 1.165) is 32.2 Å². The van der Waals surface area contributed by atoms with E-state index >= 15 is 0 Å². The van der Waals surface area contributed by atoms with Gasteiger partial charge in [0.1, 0.15) is 6.54 Å². The number of aliphatic imine (C=N–C) groups is 1. The highest BCUT2D eigenvalue weighted by Gasteiger charge is 2.42. The molecule has 0 aliphatic heterocycles. The van der Waals surface area contributed by atoms with Gasteiger partial charge in [-0.15, -0.1) is 0 Å². The summed E-state index contributed by atoms with van der Waals surface area (Å²) >= 11 is 0. The molecule has 24 heavy (non-hydrogen) atoms. The lowest BCUT2D eigenvalue weighted by molar-refractivity contribution is -0.138. The summed E-state index contributed by atoms with van der Waals surface area (Å²) in [5.41, 5.74) is -0.333. The van der Waals surface area contributed by atoms with E-state index in [0.29, 0.717) is 30.8 Å². The summed E-state index contributed by atoms with van der Waals surface area (Å²) < 4.78 is 5.08. The summed E-state index contributed by atoms with van der Waals surface area (Å²) in [6, 6.07) is 0. The van der Waals surface area contributed by atoms with Crippen LogP contribution < -0.4 is 10.6 Å². The van der Waals surface area contributed by atoms with Gasteiger partial charge >= 0.3 is 0 Å². The van der Waals surface area contributed by atoms with Crippen molar-refractivity contribution in [1.29, 1.82) is 0 Å². The van der Waals surface area contributed by atoms with E-state index in [-0.39, 0.29) is 11.3 Å². The summed E-state index contributed by atoms with van der Waals surface area (Å²) in [5, 5.41) is 10.3. The molecule has 2 rings (SSSR count). The molecule has 1 aliphatic carbocycles. The molecule has 1 aliphatic rings. The summed E-state index contributed by atoms with van der Waals surface area (Å²) in [6.07, 6.45) is 4.02. The van der Waals surface area contributed by atoms with Gasteiger partial charge in [0.25, 0.3) is 0 Å². The van der Waals surface area contributed by atoms with Crippen LogP contribution in [0.1, 0.15) is 44.3 Å². The van der Waals surface area contributed by atoms with Gasteiger partial charge in [0.05, 0.1) is 5.41 Å². The van der Waals surface area contributed by atoms with Crippen LogP contribution in [0.2, 0.25) is 0 Å². The van der Waals surface area contributed by atoms with E-state index in [1.807, 2.05) is 21.0 Å². The maximum Gasteiger partial charge on any atom is 0.248 e. The maximum absolute atomic E-state index is 12.6. The Morgan fingerprint density at radius 1 is 1.33 bits per heavy atom. The third-order valence-corrected chi connectivity index (χ3v) is 4.30. The Balaban J connectivity index is 2.02. The Morgan fingerprint density at radius 2 is 2.04 bits per heavy atom. The molecule has 0 saturated heterocycles. The molecule has 8 heteroatoms. The fraction of sp³-hybridized carbons (Fsp3) is 0.750. The minimum atomic E-state index is -0.333. The lowest BCUT2D eigenvalue weighted by Crippen LogP contribution is -2.49. The van der Waals surface area contributed by atoms with E-state index in [4.69, 9.17) is 4.52 Å². The topological polar surface area (TPSA) is 95.6 Å². The largest absolute Gasteiger partial charge is 0.357 e. The van der Waals surface area contributed by atoms with Gasteiger partial charge in [-0.05, 0) is 26.7 Å². The van der Waals surface area contributed by atoms with E-state index in [1.54, 1.807) is 11.8 Å². The SMILES string of the molecule is CCNC(=NCc1nc(C)no1)NCC1(C(=O)N(C)C)CCCC1. The van der Waals surface area contributed by atoms with Crippen molar-refractivity contribution < 1.29 is 9.32 Å². The lowest BCUT2D eigenvalue weighted by Gasteiger charge is -2.31. The van der Waals surface area contributed by atoms with Gasteiger partial charge in [-0.2, -0.15) is 4.98 Å². The second-order valence-electron chi connectivity index (χ2n) is 6.47. The molecule has 0 spiro atoms. The van der Waals surface area contributed by atoms with Crippen molar-refractivity contribution >= 4 is 11.9 Å². The number of hydrogen-bond donors (Lipinski definition) is 2. The first kappa shape index (κ1) is 18.2. The summed E-state index contributed by atoms with van der Waals surface area (Å²) in [7, 11) is 3.64. The fourth-order valence-electron chi connectivity index (χ4n) is 3.14. The number of amides is 1. The second-order valence-corrected chi connectivity index (χ2v) is 6.47. The normalized spacial score (nSPS) is 16.9. The zero-order chi connectivity index (χ0) is 17.6. The minimum absolute atomic E-state index is 0.191. The molecule has 0 atom stereocenters. The first-order valence-corrected chi connectivity index (χ1v) is 8.50. The second kappa shape index (κ2) is 8.12. The Labute approximate surface area is 143 Å². The summed E-state index contributed by atoms with van der Waals surface area (Å²) in [6.45, 7) is 5.41. The number of hydrogen-bond acceptors (Lipinski definition) is 5. The van der Waals surface area contributed by atoms with E-state index in [2.05, 4.69) is 25.8 Å². The smallest absolute Gasteiger partial charge is 0.248 e. The highest BCUT2D eigenvalue weighted by Crippen LogP contribution is 2.38. The minimum Gasteiger partial charge on any atom is -0.357 e. The third-order valence-electron chi connectivity index (χ3n) is 4.30. The molecule has 0 unspecified atom stereocenters. The van der Waals surface area contributed by atoms with Crippen LogP contribution in [-0.4, -0.2) is 54.1 Å². The average Bonchev–Trinajstić information content (AvgIpc) is 3.19. The van der Waals surface area contributed by atoms with Crippen LogP contribution in [-0.2, 0) is 11.3 Å². The van der Waals surface area contributed by atoms with Crippen LogP contribution in [0.25, 0.3) is 0 Å². The lowest BCUT2D eigenvalue weighted by atomic mass is 9.84. The molecular weight excluding hydrogens is 308 g/mol. The highest BCUT2D eigenvalue weighted by atomic mass is 16.5. The van der Waals surface area contributed by atoms with Crippen molar-refractivity contribution in [1.82, 2.24) is 25.7 Å². The van der Waals surface area contributed by atoms with E-state index in [1.165, 1.54) is 0 Å². The zero-order valence-electron chi connectivity index (χ0n) is 15.1. The average molecular weight is 336 g/mol. The van der Waals surface area contributed by atoms with Crippen LogP contribution >= 0.6 is 0 Å². The number of guanidine groups is 1. The van der Waals surface area contributed by atoms with E-state index < -0.39 is 0 Å². The Kier molecular flexibility index (Phi) is 6.16. The standard InChI is InChI=1S/C16H28N6O2/c1-5-17-15(18-10-13-20-12(2)21-24-13)19-11-16(8-6-7-9-16)14(23)22(3)4/h5-11H2,1-4H3,(H2,17,18,19). The molecule has 134 valence electrons. The fourth-order valence-corrected chi connectivity index (χ4v) is 3.14. The number of rotatable bonds is 6. The van der Waals surface area contributed by atoms with Crippen molar-refractivity contribution in [3.63, 3.8) is 0 Å². The van der Waals surface area contributed by atoms with Crippen LogP contribution in [0, 0.1) is 12.3 Å². The summed E-state index contributed by atoms with van der Waals surface area (Å²) in [4.78, 5) is 22.9. The van der Waals surface area contributed by atoms with Crippen LogP contribution in [0.5, 0.6) is 0 Å².